The number of nitrogen functional groups attached to an aromatic ring is 1. The van der Waals surface area contributed by atoms with Crippen LogP contribution in [0.3, 0.4) is 0 Å². The van der Waals surface area contributed by atoms with Gasteiger partial charge in [-0.05, 0) is 24.1 Å². The van der Waals surface area contributed by atoms with Crippen LogP contribution in [0.15, 0.2) is 94.5 Å². The van der Waals surface area contributed by atoms with Crippen molar-refractivity contribution >= 4 is 34.4 Å². The van der Waals surface area contributed by atoms with Gasteiger partial charge in [-0.1, -0.05) is 78.9 Å². The second kappa shape index (κ2) is 12.6. The molecule has 11 nitrogen and oxygen atoms in total. The summed E-state index contributed by atoms with van der Waals surface area (Å²) in [5.74, 6) is -3.04. The summed E-state index contributed by atoms with van der Waals surface area (Å²) in [6.07, 6.45) is 0. The molecular weight excluding hydrogens is 564 g/mol. The number of benzene rings is 3. The minimum absolute atomic E-state index is 0.0858. The minimum atomic E-state index is -1.10. The van der Waals surface area contributed by atoms with Crippen LogP contribution in [-0.4, -0.2) is 45.6 Å². The Kier molecular flexibility index (Phi) is 8.47. The molecule has 0 amide bonds. The molecule has 0 atom stereocenters. The number of carbonyl (C=O) groups excluding carboxylic acids is 3. The number of ether oxygens (including phenoxy) is 2. The second-order valence-electron chi connectivity index (χ2n) is 9.92. The highest BCUT2D eigenvalue weighted by atomic mass is 16.5. The van der Waals surface area contributed by atoms with E-state index < -0.39 is 53.5 Å². The molecule has 2 heterocycles. The zero-order valence-corrected chi connectivity index (χ0v) is 24.0. The number of para-hydroxylation sites is 1. The first kappa shape index (κ1) is 29.6. The summed E-state index contributed by atoms with van der Waals surface area (Å²) in [7, 11) is 1.10. The first-order chi connectivity index (χ1) is 21.2. The highest BCUT2D eigenvalue weighted by Gasteiger charge is 2.26. The number of nitrogens with two attached hydrogens (primary N) is 1. The number of ketones is 1. The molecule has 11 heteroatoms. The monoisotopic (exact) mass is 592 g/mol. The van der Waals surface area contributed by atoms with E-state index in [1.807, 2.05) is 30.3 Å². The summed E-state index contributed by atoms with van der Waals surface area (Å²) < 4.78 is 11.7. The fraction of sp³-hybridized carbons (Fsp3) is 0.152. The van der Waals surface area contributed by atoms with E-state index in [4.69, 9.17) is 15.5 Å². The van der Waals surface area contributed by atoms with Crippen LogP contribution < -0.4 is 17.0 Å². The van der Waals surface area contributed by atoms with Gasteiger partial charge in [0.2, 0.25) is 5.78 Å². The molecule has 0 unspecified atom stereocenters. The summed E-state index contributed by atoms with van der Waals surface area (Å²) in [6, 6.07) is 25.1. The molecule has 0 bridgehead atoms. The molecular formula is C33H28N4O7. The normalized spacial score (nSPS) is 10.9. The van der Waals surface area contributed by atoms with Crippen LogP contribution in [0.5, 0.6) is 0 Å². The van der Waals surface area contributed by atoms with Crippen LogP contribution in [0.25, 0.3) is 22.2 Å². The van der Waals surface area contributed by atoms with E-state index in [9.17, 15) is 24.0 Å². The third-order valence-corrected chi connectivity index (χ3v) is 7.17. The zero-order chi connectivity index (χ0) is 31.4. The Bertz CT molecular complexity index is 2020. The van der Waals surface area contributed by atoms with E-state index in [0.717, 1.165) is 17.2 Å². The molecule has 0 aliphatic rings. The molecule has 0 aliphatic carbocycles. The number of hydrogen-bond acceptors (Lipinski definition) is 9. The highest BCUT2D eigenvalue weighted by Crippen LogP contribution is 2.30. The molecule has 0 radical (unpaired) electrons. The van der Waals surface area contributed by atoms with E-state index in [1.165, 1.54) is 0 Å². The molecule has 5 aromatic rings. The van der Waals surface area contributed by atoms with Gasteiger partial charge in [0, 0.05) is 10.9 Å². The number of rotatable bonds is 9. The third-order valence-electron chi connectivity index (χ3n) is 7.17. The Balaban J connectivity index is 1.52. The molecule has 0 aliphatic heterocycles. The Morgan fingerprint density at radius 1 is 0.841 bits per heavy atom. The average Bonchev–Trinajstić information content (AvgIpc) is 3.04. The average molecular weight is 593 g/mol. The van der Waals surface area contributed by atoms with Crippen LogP contribution in [0, 0.1) is 6.92 Å². The lowest BCUT2D eigenvalue weighted by Crippen LogP contribution is -2.46. The molecule has 2 aromatic heterocycles. The van der Waals surface area contributed by atoms with Crippen molar-refractivity contribution in [3.8, 4) is 11.3 Å². The first-order valence-corrected chi connectivity index (χ1v) is 13.6. The number of pyridine rings is 1. The smallest absolute Gasteiger partial charge is 0.339 e. The number of nitrogens with zero attached hydrogens (tertiary/aromatic N) is 3. The second-order valence-corrected chi connectivity index (χ2v) is 9.92. The van der Waals surface area contributed by atoms with Crippen molar-refractivity contribution in [3.63, 3.8) is 0 Å². The van der Waals surface area contributed by atoms with Crippen molar-refractivity contribution in [2.75, 3.05) is 19.5 Å². The van der Waals surface area contributed by atoms with Crippen molar-refractivity contribution in [1.82, 2.24) is 14.1 Å². The molecule has 0 fully saturated rings. The number of anilines is 1. The van der Waals surface area contributed by atoms with Gasteiger partial charge in [0.1, 0.15) is 17.9 Å². The molecule has 222 valence electrons. The Morgan fingerprint density at radius 3 is 2.16 bits per heavy atom. The van der Waals surface area contributed by atoms with Crippen LogP contribution in [-0.2, 0) is 27.4 Å². The number of fused-ring (bicyclic) bond motifs is 1. The number of Topliss-reactive ketones (excluding diaryl/α,β-unsaturated/α-hetero) is 1. The summed E-state index contributed by atoms with van der Waals surface area (Å²) >= 11 is 0. The minimum Gasteiger partial charge on any atom is -0.468 e. The van der Waals surface area contributed by atoms with Crippen LogP contribution in [0.4, 0.5) is 5.82 Å². The van der Waals surface area contributed by atoms with Crippen LogP contribution >= 0.6 is 0 Å². The Morgan fingerprint density at radius 2 is 1.48 bits per heavy atom. The maximum Gasteiger partial charge on any atom is 0.339 e. The third kappa shape index (κ3) is 5.75. The highest BCUT2D eigenvalue weighted by molar-refractivity contribution is 6.08. The maximum absolute atomic E-state index is 13.5. The number of methoxy groups -OCH3 is 1. The van der Waals surface area contributed by atoms with E-state index in [1.54, 1.807) is 61.5 Å². The summed E-state index contributed by atoms with van der Waals surface area (Å²) in [5.41, 5.74) is 6.98. The van der Waals surface area contributed by atoms with E-state index in [2.05, 4.69) is 4.74 Å². The number of carbonyl (C=O) groups is 3. The van der Waals surface area contributed by atoms with Crippen LogP contribution in [0.1, 0.15) is 31.8 Å². The lowest BCUT2D eigenvalue weighted by Gasteiger charge is -2.17. The molecule has 0 saturated carbocycles. The Labute approximate surface area is 251 Å². The molecule has 0 saturated heterocycles. The molecule has 44 heavy (non-hydrogen) atoms. The van der Waals surface area contributed by atoms with E-state index in [-0.39, 0.29) is 12.1 Å². The van der Waals surface area contributed by atoms with Gasteiger partial charge in [0.25, 0.3) is 5.56 Å². The van der Waals surface area contributed by atoms with Gasteiger partial charge in [0.15, 0.2) is 6.61 Å². The predicted octanol–water partition coefficient (Wildman–Crippen LogP) is 3.38. The van der Waals surface area contributed by atoms with Gasteiger partial charge in [0.05, 0.1) is 30.4 Å². The SMILES string of the molecule is COC(=O)Cn1c(=O)c(C(=O)COC(=O)c2c(C)c(-c3ccccc3)nc3ccccc23)c(N)n(Cc2ccccc2)c1=O. The summed E-state index contributed by atoms with van der Waals surface area (Å²) in [6.45, 7) is 0.0607. The first-order valence-electron chi connectivity index (χ1n) is 13.6. The maximum atomic E-state index is 13.5. The van der Waals surface area contributed by atoms with Gasteiger partial charge < -0.3 is 15.2 Å². The standard InChI is InChI=1S/C33H28N4O7/c1-20-27(23-15-9-10-16-24(23)35-29(20)22-13-7-4-8-14-22)32(41)44-19-25(38)28-30(34)36(17-21-11-5-3-6-12-21)33(42)37(31(28)40)18-26(39)43-2/h3-16H,17-19,34H2,1-2H3. The predicted molar refractivity (Wildman–Crippen MR) is 163 cm³/mol. The van der Waals surface area contributed by atoms with Gasteiger partial charge in [-0.25, -0.2) is 19.1 Å². The lowest BCUT2D eigenvalue weighted by molar-refractivity contribution is -0.141. The topological polar surface area (TPSA) is 153 Å². The van der Waals surface area contributed by atoms with Gasteiger partial charge in [-0.2, -0.15) is 0 Å². The zero-order valence-electron chi connectivity index (χ0n) is 24.0. The Hall–Kier alpha value is -5.84. The van der Waals surface area contributed by atoms with Crippen molar-refractivity contribution in [3.05, 3.63) is 128 Å². The van der Waals surface area contributed by atoms with Crippen LogP contribution in [0.2, 0.25) is 0 Å². The van der Waals surface area contributed by atoms with Crippen molar-refractivity contribution < 1.29 is 23.9 Å². The van der Waals surface area contributed by atoms with E-state index in [0.29, 0.717) is 32.3 Å². The van der Waals surface area contributed by atoms with Gasteiger partial charge >= 0.3 is 17.6 Å². The molecule has 2 N–H and O–H groups in total. The molecule has 0 spiro atoms. The van der Waals surface area contributed by atoms with Gasteiger partial charge in [-0.3, -0.25) is 19.0 Å². The fourth-order valence-corrected chi connectivity index (χ4v) is 4.95. The van der Waals surface area contributed by atoms with Crippen molar-refractivity contribution in [2.45, 2.75) is 20.0 Å². The molecule has 5 rings (SSSR count). The lowest BCUT2D eigenvalue weighted by atomic mass is 9.98. The number of esters is 2. The summed E-state index contributed by atoms with van der Waals surface area (Å²) in [4.78, 5) is 70.4. The number of hydrogen-bond donors (Lipinski definition) is 1. The number of aromatic nitrogens is 3. The quantitative estimate of drug-likeness (QED) is 0.201. The summed E-state index contributed by atoms with van der Waals surface area (Å²) in [5, 5.41) is 0.526. The fourth-order valence-electron chi connectivity index (χ4n) is 4.95. The van der Waals surface area contributed by atoms with Gasteiger partial charge in [-0.15, -0.1) is 0 Å². The largest absolute Gasteiger partial charge is 0.468 e. The van der Waals surface area contributed by atoms with E-state index >= 15 is 0 Å². The van der Waals surface area contributed by atoms with Crippen molar-refractivity contribution in [1.29, 1.82) is 0 Å². The van der Waals surface area contributed by atoms with Crippen molar-refractivity contribution in [2.24, 2.45) is 0 Å². The molecule has 3 aromatic carbocycles.